The van der Waals surface area contributed by atoms with Crippen LogP contribution in [0, 0.1) is 0 Å². The Hall–Kier alpha value is -1.57. The summed E-state index contributed by atoms with van der Waals surface area (Å²) >= 11 is 0. The molecule has 112 valence electrons. The number of benzene rings is 1. The second kappa shape index (κ2) is 6.25. The van der Waals surface area contributed by atoms with Gasteiger partial charge in [-0.2, -0.15) is 21.6 Å². The van der Waals surface area contributed by atoms with Gasteiger partial charge in [0.15, 0.2) is 0 Å². The van der Waals surface area contributed by atoms with E-state index in [2.05, 4.69) is 4.40 Å². The van der Waals surface area contributed by atoms with E-state index in [-0.39, 0.29) is 18.0 Å². The Morgan fingerprint density at radius 3 is 2.05 bits per heavy atom. The monoisotopic (exact) mass is 308 g/mol. The van der Waals surface area contributed by atoms with Crippen molar-refractivity contribution in [3.63, 3.8) is 0 Å². The predicted octanol–water partition coefficient (Wildman–Crippen LogP) is 2.68. The maximum absolute atomic E-state index is 13.0. The lowest BCUT2D eigenvalue weighted by Crippen LogP contribution is -2.41. The van der Waals surface area contributed by atoms with Gasteiger partial charge in [-0.1, -0.05) is 18.2 Å². The number of hydrogen-bond donors (Lipinski definition) is 0. The fraction of sp³-hybridized carbons (Fsp3) is 0.417. The molecule has 0 unspecified atom stereocenters. The van der Waals surface area contributed by atoms with Crippen molar-refractivity contribution in [1.29, 1.82) is 0 Å². The van der Waals surface area contributed by atoms with E-state index in [1.54, 1.807) is 6.07 Å². The molecule has 0 bridgehead atoms. The lowest BCUT2D eigenvalue weighted by atomic mass is 10.4. The summed E-state index contributed by atoms with van der Waals surface area (Å²) in [5.74, 6) is -1.40. The summed E-state index contributed by atoms with van der Waals surface area (Å²) in [4.78, 5) is 0.592. The van der Waals surface area contributed by atoms with Crippen molar-refractivity contribution in [3.8, 4) is 0 Å². The smallest absolute Gasteiger partial charge is 0.352 e. The molecule has 0 aliphatic heterocycles. The average molecular weight is 308 g/mol. The second-order valence-electron chi connectivity index (χ2n) is 3.87. The fourth-order valence-corrected chi connectivity index (χ4v) is 2.62. The van der Waals surface area contributed by atoms with Gasteiger partial charge < -0.3 is 4.90 Å². The number of sulfonamides is 1. The molecule has 1 rings (SSSR count). The average Bonchev–Trinajstić information content (AvgIpc) is 2.39. The summed E-state index contributed by atoms with van der Waals surface area (Å²) in [5.41, 5.74) is 0. The molecule has 1 aromatic carbocycles. The molecule has 0 radical (unpaired) electrons. The van der Waals surface area contributed by atoms with E-state index in [9.17, 15) is 21.6 Å². The summed E-state index contributed by atoms with van der Waals surface area (Å²) < 4.78 is 65.7. The minimum absolute atomic E-state index is 0.0130. The van der Waals surface area contributed by atoms with Gasteiger partial charge in [-0.05, 0) is 26.0 Å². The van der Waals surface area contributed by atoms with Crippen molar-refractivity contribution in [2.45, 2.75) is 24.9 Å². The van der Waals surface area contributed by atoms with Crippen molar-refractivity contribution in [1.82, 2.24) is 4.90 Å². The van der Waals surface area contributed by atoms with Crippen LogP contribution in [-0.2, 0) is 10.0 Å². The number of rotatable bonds is 4. The van der Waals surface area contributed by atoms with Gasteiger partial charge in [0.2, 0.25) is 5.84 Å². The summed E-state index contributed by atoms with van der Waals surface area (Å²) in [6.45, 7) is 3.03. The number of alkyl halides is 3. The summed E-state index contributed by atoms with van der Waals surface area (Å²) in [5, 5.41) is 0. The van der Waals surface area contributed by atoms with Crippen LogP contribution in [0.1, 0.15) is 13.8 Å². The van der Waals surface area contributed by atoms with Crippen LogP contribution in [-0.4, -0.2) is 38.4 Å². The highest BCUT2D eigenvalue weighted by Gasteiger charge is 2.40. The van der Waals surface area contributed by atoms with Gasteiger partial charge in [-0.15, -0.1) is 4.40 Å². The van der Waals surface area contributed by atoms with Crippen LogP contribution in [0.15, 0.2) is 39.6 Å². The summed E-state index contributed by atoms with van der Waals surface area (Å²) in [7, 11) is -4.38. The van der Waals surface area contributed by atoms with Gasteiger partial charge >= 0.3 is 6.18 Å². The highest BCUT2D eigenvalue weighted by molar-refractivity contribution is 7.90. The first-order valence-corrected chi connectivity index (χ1v) is 7.38. The van der Waals surface area contributed by atoms with Crippen LogP contribution in [0.4, 0.5) is 13.2 Å². The van der Waals surface area contributed by atoms with Crippen molar-refractivity contribution in [2.24, 2.45) is 4.40 Å². The molecule has 0 amide bonds. The van der Waals surface area contributed by atoms with Crippen molar-refractivity contribution >= 4 is 15.9 Å². The highest BCUT2D eigenvalue weighted by atomic mass is 32.2. The molecule has 0 aliphatic carbocycles. The maximum atomic E-state index is 13.0. The normalized spacial score (nSPS) is 13.3. The van der Waals surface area contributed by atoms with Crippen LogP contribution < -0.4 is 0 Å². The molecule has 0 heterocycles. The minimum Gasteiger partial charge on any atom is -0.352 e. The Bertz CT molecular complexity index is 564. The molecular formula is C12H15F3N2O2S. The first-order chi connectivity index (χ1) is 9.22. The van der Waals surface area contributed by atoms with Crippen LogP contribution in [0.25, 0.3) is 0 Å². The Morgan fingerprint density at radius 1 is 1.15 bits per heavy atom. The number of halogens is 3. The lowest BCUT2D eigenvalue weighted by Gasteiger charge is -2.24. The molecular weight excluding hydrogens is 293 g/mol. The molecule has 0 N–H and O–H groups in total. The Balaban J connectivity index is 3.34. The van der Waals surface area contributed by atoms with Crippen molar-refractivity contribution < 1.29 is 21.6 Å². The first kappa shape index (κ1) is 16.5. The minimum atomic E-state index is -4.83. The Morgan fingerprint density at radius 2 is 1.65 bits per heavy atom. The molecule has 0 saturated heterocycles. The van der Waals surface area contributed by atoms with Gasteiger partial charge in [-0.25, -0.2) is 0 Å². The lowest BCUT2D eigenvalue weighted by molar-refractivity contribution is -0.0683. The summed E-state index contributed by atoms with van der Waals surface area (Å²) in [6, 6.07) is 6.82. The third-order valence-corrected chi connectivity index (χ3v) is 3.85. The van der Waals surface area contributed by atoms with E-state index < -0.39 is 22.0 Å². The third kappa shape index (κ3) is 3.96. The number of amidine groups is 1. The quantitative estimate of drug-likeness (QED) is 0.635. The Kier molecular flexibility index (Phi) is 5.15. The van der Waals surface area contributed by atoms with E-state index in [4.69, 9.17) is 0 Å². The summed E-state index contributed by atoms with van der Waals surface area (Å²) in [6.07, 6.45) is -4.83. The zero-order valence-corrected chi connectivity index (χ0v) is 11.9. The van der Waals surface area contributed by atoms with Gasteiger partial charge in [-0.3, -0.25) is 0 Å². The van der Waals surface area contributed by atoms with Gasteiger partial charge in [0.05, 0.1) is 4.90 Å². The molecule has 0 saturated carbocycles. The van der Waals surface area contributed by atoms with Crippen LogP contribution in [0.5, 0.6) is 0 Å². The van der Waals surface area contributed by atoms with Crippen LogP contribution in [0.2, 0.25) is 0 Å². The topological polar surface area (TPSA) is 49.7 Å². The molecule has 0 fully saturated rings. The van der Waals surface area contributed by atoms with Gasteiger partial charge in [0.1, 0.15) is 0 Å². The van der Waals surface area contributed by atoms with Crippen molar-refractivity contribution in [2.75, 3.05) is 13.1 Å². The standard InChI is InChI=1S/C12H15F3N2O2S/c1-3-17(4-2)11(12(13,14)15)16-20(18,19)10-8-6-5-7-9-10/h5-9H,3-4H2,1-2H3. The largest absolute Gasteiger partial charge is 0.450 e. The van der Waals surface area contributed by atoms with E-state index in [1.807, 2.05) is 0 Å². The SMILES string of the molecule is CCN(CC)C(=NS(=O)(=O)c1ccccc1)C(F)(F)F. The van der Waals surface area contributed by atoms with E-state index in [1.165, 1.54) is 38.1 Å². The molecule has 4 nitrogen and oxygen atoms in total. The maximum Gasteiger partial charge on any atom is 0.450 e. The van der Waals surface area contributed by atoms with Gasteiger partial charge in [0, 0.05) is 13.1 Å². The molecule has 20 heavy (non-hydrogen) atoms. The molecule has 0 aliphatic rings. The molecule has 8 heteroatoms. The molecule has 0 spiro atoms. The zero-order chi connectivity index (χ0) is 15.4. The van der Waals surface area contributed by atoms with Crippen molar-refractivity contribution in [3.05, 3.63) is 30.3 Å². The zero-order valence-electron chi connectivity index (χ0n) is 11.1. The molecule has 0 atom stereocenters. The number of hydrogen-bond acceptors (Lipinski definition) is 2. The van der Waals surface area contributed by atoms with Gasteiger partial charge in [0.25, 0.3) is 10.0 Å². The third-order valence-electron chi connectivity index (χ3n) is 2.56. The fourth-order valence-electron chi connectivity index (χ4n) is 1.57. The Labute approximate surface area is 116 Å². The van der Waals surface area contributed by atoms with Crippen LogP contribution >= 0.6 is 0 Å². The molecule has 1 aromatic rings. The van der Waals surface area contributed by atoms with E-state index >= 15 is 0 Å². The highest BCUT2D eigenvalue weighted by Crippen LogP contribution is 2.23. The van der Waals surface area contributed by atoms with E-state index in [0.29, 0.717) is 0 Å². The van der Waals surface area contributed by atoms with Crippen LogP contribution in [0.3, 0.4) is 0 Å². The number of nitrogens with zero attached hydrogens (tertiary/aromatic N) is 2. The van der Waals surface area contributed by atoms with E-state index in [0.717, 1.165) is 4.90 Å². The molecule has 0 aromatic heterocycles. The first-order valence-electron chi connectivity index (χ1n) is 5.94. The second-order valence-corrected chi connectivity index (χ2v) is 5.48. The predicted molar refractivity (Wildman–Crippen MR) is 70.0 cm³/mol.